The highest BCUT2D eigenvalue weighted by Crippen LogP contribution is 2.38. The zero-order valence-corrected chi connectivity index (χ0v) is 11.7. The maximum Gasteiger partial charge on any atom is 0.335 e. The van der Waals surface area contributed by atoms with Crippen LogP contribution in [0.5, 0.6) is 5.75 Å². The number of rotatable bonds is 4. The molecule has 0 aromatic heterocycles. The van der Waals surface area contributed by atoms with Gasteiger partial charge in [-0.05, 0) is 35.4 Å². The van der Waals surface area contributed by atoms with Crippen molar-refractivity contribution in [2.24, 2.45) is 0 Å². The minimum Gasteiger partial charge on any atom is -0.507 e. The van der Waals surface area contributed by atoms with Crippen molar-refractivity contribution in [1.82, 2.24) is 0 Å². The first-order valence-corrected chi connectivity index (χ1v) is 6.43. The predicted molar refractivity (Wildman–Crippen MR) is 72.6 cm³/mol. The van der Waals surface area contributed by atoms with E-state index in [1.54, 1.807) is 6.07 Å². The third-order valence-electron chi connectivity index (χ3n) is 3.26. The largest absolute Gasteiger partial charge is 0.507 e. The number of carbonyl (C=O) groups is 1. The molecule has 0 spiro atoms. The summed E-state index contributed by atoms with van der Waals surface area (Å²) in [6.45, 7) is 9.78. The molecule has 0 saturated carbocycles. The van der Waals surface area contributed by atoms with E-state index in [0.717, 1.165) is 11.1 Å². The molecule has 0 aliphatic rings. The van der Waals surface area contributed by atoms with Gasteiger partial charge in [-0.1, -0.05) is 34.6 Å². The highest BCUT2D eigenvalue weighted by Gasteiger charge is 2.22. The Morgan fingerprint density at radius 2 is 1.78 bits per heavy atom. The molecule has 0 unspecified atom stereocenters. The number of hydrogen-bond donors (Lipinski definition) is 2. The third kappa shape index (κ3) is 2.50. The summed E-state index contributed by atoms with van der Waals surface area (Å²) in [5, 5.41) is 19.7. The molecular formula is C15H22O3. The molecule has 100 valence electrons. The smallest absolute Gasteiger partial charge is 0.335 e. The number of phenolic OH excluding ortho intramolecular Hbond substituents is 1. The van der Waals surface area contributed by atoms with Gasteiger partial charge in [-0.3, -0.25) is 0 Å². The lowest BCUT2D eigenvalue weighted by molar-refractivity contribution is 0.0695. The fourth-order valence-electron chi connectivity index (χ4n) is 2.39. The zero-order chi connectivity index (χ0) is 14.0. The summed E-state index contributed by atoms with van der Waals surface area (Å²) in [5.41, 5.74) is 2.57. The number of benzene rings is 1. The molecule has 0 aliphatic heterocycles. The van der Waals surface area contributed by atoms with Crippen LogP contribution in [0, 0.1) is 0 Å². The first kappa shape index (κ1) is 14.6. The average Bonchev–Trinajstić information content (AvgIpc) is 2.26. The Kier molecular flexibility index (Phi) is 4.38. The molecule has 18 heavy (non-hydrogen) atoms. The zero-order valence-electron chi connectivity index (χ0n) is 11.7. The van der Waals surface area contributed by atoms with E-state index in [4.69, 9.17) is 0 Å². The lowest BCUT2D eigenvalue weighted by Gasteiger charge is -2.21. The number of hydrogen-bond acceptors (Lipinski definition) is 2. The van der Waals surface area contributed by atoms with Gasteiger partial charge in [0.2, 0.25) is 0 Å². The van der Waals surface area contributed by atoms with E-state index in [1.807, 2.05) is 34.6 Å². The normalized spacial score (nSPS) is 11.3. The van der Waals surface area contributed by atoms with Crippen LogP contribution in [0.4, 0.5) is 0 Å². The van der Waals surface area contributed by atoms with Crippen LogP contribution in [-0.2, 0) is 6.42 Å². The van der Waals surface area contributed by atoms with Crippen LogP contribution >= 0.6 is 0 Å². The molecule has 0 bridgehead atoms. The molecule has 3 nitrogen and oxygen atoms in total. The summed E-state index contributed by atoms with van der Waals surface area (Å²) in [4.78, 5) is 11.4. The van der Waals surface area contributed by atoms with Crippen molar-refractivity contribution in [1.29, 1.82) is 0 Å². The second-order valence-corrected chi connectivity index (χ2v) is 5.22. The van der Waals surface area contributed by atoms with Gasteiger partial charge in [0.25, 0.3) is 0 Å². The summed E-state index contributed by atoms with van der Waals surface area (Å²) >= 11 is 0. The van der Waals surface area contributed by atoms with E-state index >= 15 is 0 Å². The first-order chi connectivity index (χ1) is 8.31. The Hall–Kier alpha value is -1.51. The Labute approximate surface area is 108 Å². The number of aromatic hydroxyl groups is 1. The molecule has 2 N–H and O–H groups in total. The van der Waals surface area contributed by atoms with Crippen molar-refractivity contribution in [3.63, 3.8) is 0 Å². The molecular weight excluding hydrogens is 228 g/mol. The van der Waals surface area contributed by atoms with E-state index in [0.29, 0.717) is 17.5 Å². The van der Waals surface area contributed by atoms with Crippen molar-refractivity contribution in [2.45, 2.75) is 52.9 Å². The van der Waals surface area contributed by atoms with E-state index in [-0.39, 0.29) is 17.6 Å². The molecule has 1 rings (SSSR count). The van der Waals surface area contributed by atoms with Gasteiger partial charge < -0.3 is 10.2 Å². The molecule has 0 aliphatic carbocycles. The van der Waals surface area contributed by atoms with Crippen molar-refractivity contribution < 1.29 is 15.0 Å². The quantitative estimate of drug-likeness (QED) is 0.852. The number of phenols is 1. The average molecular weight is 250 g/mol. The predicted octanol–water partition coefficient (Wildman–Crippen LogP) is 3.90. The van der Waals surface area contributed by atoms with Crippen LogP contribution in [0.15, 0.2) is 6.07 Å². The van der Waals surface area contributed by atoms with Crippen molar-refractivity contribution >= 4 is 5.97 Å². The van der Waals surface area contributed by atoms with E-state index in [9.17, 15) is 15.0 Å². The Balaban J connectivity index is 3.69. The van der Waals surface area contributed by atoms with Crippen LogP contribution in [0.2, 0.25) is 0 Å². The fraction of sp³-hybridized carbons (Fsp3) is 0.533. The standard InChI is InChI=1S/C15H22O3/c1-6-10-12(15(17)18)7-11(8(2)3)14(16)13(10)9(4)5/h7-9,16H,6H2,1-5H3,(H,17,18). The molecule has 0 radical (unpaired) electrons. The molecule has 0 amide bonds. The lowest BCUT2D eigenvalue weighted by Crippen LogP contribution is -2.09. The first-order valence-electron chi connectivity index (χ1n) is 6.43. The lowest BCUT2D eigenvalue weighted by atomic mass is 9.85. The highest BCUT2D eigenvalue weighted by atomic mass is 16.4. The van der Waals surface area contributed by atoms with Gasteiger partial charge in [-0.15, -0.1) is 0 Å². The second-order valence-electron chi connectivity index (χ2n) is 5.22. The van der Waals surface area contributed by atoms with Crippen molar-refractivity contribution in [3.05, 3.63) is 28.3 Å². The third-order valence-corrected chi connectivity index (χ3v) is 3.26. The monoisotopic (exact) mass is 250 g/mol. The van der Waals surface area contributed by atoms with Crippen LogP contribution < -0.4 is 0 Å². The van der Waals surface area contributed by atoms with Gasteiger partial charge in [0, 0.05) is 5.56 Å². The molecule has 0 saturated heterocycles. The van der Waals surface area contributed by atoms with Gasteiger partial charge in [0.05, 0.1) is 5.56 Å². The summed E-state index contributed by atoms with van der Waals surface area (Å²) in [5.74, 6) is -0.444. The van der Waals surface area contributed by atoms with E-state index < -0.39 is 5.97 Å². The minimum absolute atomic E-state index is 0.103. The van der Waals surface area contributed by atoms with Crippen LogP contribution in [0.25, 0.3) is 0 Å². The maximum absolute atomic E-state index is 11.4. The topological polar surface area (TPSA) is 57.5 Å². The second kappa shape index (κ2) is 5.42. The minimum atomic E-state index is -0.921. The van der Waals surface area contributed by atoms with E-state index in [1.165, 1.54) is 0 Å². The number of aromatic carboxylic acids is 1. The number of carboxylic acid groups (broad SMARTS) is 1. The summed E-state index contributed by atoms with van der Waals surface area (Å²) in [6, 6.07) is 1.62. The molecule has 0 atom stereocenters. The summed E-state index contributed by atoms with van der Waals surface area (Å²) in [6.07, 6.45) is 0.612. The SMILES string of the molecule is CCc1c(C(=O)O)cc(C(C)C)c(O)c1C(C)C. The van der Waals surface area contributed by atoms with E-state index in [2.05, 4.69) is 0 Å². The number of carboxylic acids is 1. The Morgan fingerprint density at radius 1 is 1.22 bits per heavy atom. The van der Waals surface area contributed by atoms with Gasteiger partial charge >= 0.3 is 5.97 Å². The maximum atomic E-state index is 11.4. The summed E-state index contributed by atoms with van der Waals surface area (Å²) < 4.78 is 0. The highest BCUT2D eigenvalue weighted by molar-refractivity contribution is 5.91. The van der Waals surface area contributed by atoms with Gasteiger partial charge in [0.15, 0.2) is 0 Å². The van der Waals surface area contributed by atoms with Gasteiger partial charge in [-0.2, -0.15) is 0 Å². The van der Waals surface area contributed by atoms with Crippen LogP contribution in [0.1, 0.15) is 73.5 Å². The molecule has 3 heteroatoms. The summed E-state index contributed by atoms with van der Waals surface area (Å²) in [7, 11) is 0. The Bertz CT molecular complexity index is 459. The molecule has 1 aromatic carbocycles. The van der Waals surface area contributed by atoms with Crippen LogP contribution in [0.3, 0.4) is 0 Å². The fourth-order valence-corrected chi connectivity index (χ4v) is 2.39. The van der Waals surface area contributed by atoms with Gasteiger partial charge in [-0.25, -0.2) is 4.79 Å². The van der Waals surface area contributed by atoms with Gasteiger partial charge in [0.1, 0.15) is 5.75 Å². The van der Waals surface area contributed by atoms with Crippen molar-refractivity contribution in [2.75, 3.05) is 0 Å². The molecule has 0 fully saturated rings. The van der Waals surface area contributed by atoms with Crippen LogP contribution in [-0.4, -0.2) is 16.2 Å². The molecule has 1 aromatic rings. The molecule has 0 heterocycles. The Morgan fingerprint density at radius 3 is 2.11 bits per heavy atom. The van der Waals surface area contributed by atoms with Crippen molar-refractivity contribution in [3.8, 4) is 5.75 Å².